The monoisotopic (exact) mass is 682 g/mol. The van der Waals surface area contributed by atoms with Crippen molar-refractivity contribution in [3.8, 4) is 0 Å². The van der Waals surface area contributed by atoms with Crippen molar-refractivity contribution in [2.45, 2.75) is 85.1 Å². The predicted octanol–water partition coefficient (Wildman–Crippen LogP) is 12.8. The normalized spacial score (nSPS) is 16.7. The lowest BCUT2D eigenvalue weighted by molar-refractivity contribution is 0.877. The molecule has 230 valence electrons. The molecule has 0 saturated heterocycles. The molecule has 0 fully saturated rings. The summed E-state index contributed by atoms with van der Waals surface area (Å²) in [4.78, 5) is 2.72. The highest BCUT2D eigenvalue weighted by Gasteiger charge is 2.34. The Morgan fingerprint density at radius 2 is 1.13 bits per heavy atom. The Kier molecular flexibility index (Phi) is 8.29. The Bertz CT molecular complexity index is 2180. The third kappa shape index (κ3) is 4.84. The molecule has 0 amide bonds. The molecule has 1 atom stereocenters. The summed E-state index contributed by atoms with van der Waals surface area (Å²) in [6, 6.07) is 9.75. The van der Waals surface area contributed by atoms with E-state index >= 15 is 0 Å². The van der Waals surface area contributed by atoms with Crippen LogP contribution in [0.1, 0.15) is 85.4 Å². The molecule has 2 nitrogen and oxygen atoms in total. The highest BCUT2D eigenvalue weighted by molar-refractivity contribution is 7.96. The first-order chi connectivity index (χ1) is 22.2. The average molecular weight is 683 g/mol. The SMILES string of the molecule is CCCc1c(CCC)c2sc(C3=CC=C(c4cc5c(s4)c(CCC)c(CCC)c4sccc45)C4NSN=C34)cc2c2ccsc12. The number of aryl methyl sites for hydroxylation is 4. The van der Waals surface area contributed by atoms with E-state index in [2.05, 4.69) is 79.6 Å². The number of benzene rings is 2. The molecule has 0 radical (unpaired) electrons. The van der Waals surface area contributed by atoms with E-state index in [0.29, 0.717) is 0 Å². The Balaban J connectivity index is 1.28. The molecule has 6 aromatic rings. The van der Waals surface area contributed by atoms with Crippen LogP contribution in [0.15, 0.2) is 51.6 Å². The van der Waals surface area contributed by atoms with Gasteiger partial charge in [-0.15, -0.1) is 45.3 Å². The van der Waals surface area contributed by atoms with Crippen molar-refractivity contribution in [3.05, 3.63) is 79.2 Å². The zero-order chi connectivity index (χ0) is 30.7. The first-order valence-electron chi connectivity index (χ1n) is 16.5. The number of rotatable bonds is 10. The Labute approximate surface area is 286 Å². The van der Waals surface area contributed by atoms with Gasteiger partial charge in [0.1, 0.15) is 0 Å². The summed E-state index contributed by atoms with van der Waals surface area (Å²) in [5.41, 5.74) is 10.2. The number of hydrogen-bond acceptors (Lipinski definition) is 7. The Morgan fingerprint density at radius 3 is 1.69 bits per heavy atom. The van der Waals surface area contributed by atoms with Crippen molar-refractivity contribution in [1.82, 2.24) is 4.72 Å². The molecule has 0 spiro atoms. The third-order valence-corrected chi connectivity index (χ3v) is 14.4. The van der Waals surface area contributed by atoms with Gasteiger partial charge < -0.3 is 0 Å². The maximum Gasteiger partial charge on any atom is 0.0887 e. The average Bonchev–Trinajstić information content (AvgIpc) is 3.87. The molecule has 0 bridgehead atoms. The number of nitrogens with one attached hydrogen (secondary N) is 1. The molecule has 8 rings (SSSR count). The van der Waals surface area contributed by atoms with E-state index in [1.807, 2.05) is 45.3 Å². The predicted molar refractivity (Wildman–Crippen MR) is 208 cm³/mol. The molecule has 1 aliphatic carbocycles. The van der Waals surface area contributed by atoms with Gasteiger partial charge in [-0.25, -0.2) is 9.12 Å². The van der Waals surface area contributed by atoms with Crippen LogP contribution in [-0.4, -0.2) is 11.8 Å². The summed E-state index contributed by atoms with van der Waals surface area (Å²) in [5.74, 6) is 0. The van der Waals surface area contributed by atoms with E-state index in [9.17, 15) is 0 Å². The third-order valence-electron chi connectivity index (χ3n) is 9.35. The van der Waals surface area contributed by atoms with Crippen LogP contribution in [-0.2, 0) is 25.7 Å². The number of nitrogens with zero attached hydrogens (tertiary/aromatic N) is 1. The van der Waals surface area contributed by atoms with E-state index in [1.165, 1.54) is 105 Å². The fourth-order valence-corrected chi connectivity index (χ4v) is 12.8. The van der Waals surface area contributed by atoms with E-state index in [4.69, 9.17) is 4.40 Å². The molecule has 45 heavy (non-hydrogen) atoms. The topological polar surface area (TPSA) is 24.4 Å². The number of hydrogen-bond donors (Lipinski definition) is 1. The summed E-state index contributed by atoms with van der Waals surface area (Å²) in [7, 11) is 0. The van der Waals surface area contributed by atoms with Crippen LogP contribution in [0.2, 0.25) is 0 Å². The van der Waals surface area contributed by atoms with E-state index in [0.717, 1.165) is 25.7 Å². The van der Waals surface area contributed by atoms with Gasteiger partial charge in [0.15, 0.2) is 0 Å². The van der Waals surface area contributed by atoms with E-state index < -0.39 is 0 Å². The van der Waals surface area contributed by atoms with Crippen LogP contribution < -0.4 is 4.72 Å². The summed E-state index contributed by atoms with van der Waals surface area (Å²) in [6.45, 7) is 9.26. The minimum atomic E-state index is 0.0999. The van der Waals surface area contributed by atoms with Gasteiger partial charge in [-0.1, -0.05) is 65.5 Å². The number of thiophene rings is 4. The molecule has 1 aliphatic heterocycles. The van der Waals surface area contributed by atoms with Crippen LogP contribution in [0.4, 0.5) is 0 Å². The summed E-state index contributed by atoms with van der Waals surface area (Å²) < 4.78 is 14.7. The van der Waals surface area contributed by atoms with Crippen LogP contribution in [0.5, 0.6) is 0 Å². The van der Waals surface area contributed by atoms with Gasteiger partial charge in [0.2, 0.25) is 0 Å². The van der Waals surface area contributed by atoms with Gasteiger partial charge in [-0.3, -0.25) is 0 Å². The second kappa shape index (κ2) is 12.4. The van der Waals surface area contributed by atoms with Gasteiger partial charge in [0, 0.05) is 55.7 Å². The molecule has 1 unspecified atom stereocenters. The van der Waals surface area contributed by atoms with Gasteiger partial charge in [0.05, 0.1) is 23.9 Å². The lowest BCUT2D eigenvalue weighted by Crippen LogP contribution is -2.31. The van der Waals surface area contributed by atoms with Crippen molar-refractivity contribution in [1.29, 1.82) is 0 Å². The van der Waals surface area contributed by atoms with Crippen molar-refractivity contribution >= 4 is 115 Å². The first kappa shape index (κ1) is 30.1. The van der Waals surface area contributed by atoms with Crippen molar-refractivity contribution in [3.63, 3.8) is 0 Å². The highest BCUT2D eigenvalue weighted by Crippen LogP contribution is 2.48. The van der Waals surface area contributed by atoms with Crippen molar-refractivity contribution in [2.75, 3.05) is 0 Å². The molecule has 2 aliphatic rings. The molecule has 7 heteroatoms. The van der Waals surface area contributed by atoms with Crippen molar-refractivity contribution in [2.24, 2.45) is 4.40 Å². The minimum Gasteiger partial charge on any atom is -0.231 e. The van der Waals surface area contributed by atoms with E-state index in [1.54, 1.807) is 22.3 Å². The van der Waals surface area contributed by atoms with Gasteiger partial charge in [-0.05, 0) is 88.5 Å². The van der Waals surface area contributed by atoms with Crippen molar-refractivity contribution < 1.29 is 0 Å². The fraction of sp³-hybridized carbons (Fsp3) is 0.342. The second-order valence-corrected chi connectivity index (χ2v) is 16.8. The summed E-state index contributed by atoms with van der Waals surface area (Å²) in [5, 5.41) is 10.3. The zero-order valence-corrected chi connectivity index (χ0v) is 30.4. The van der Waals surface area contributed by atoms with Crippen LogP contribution in [0.25, 0.3) is 51.5 Å². The standard InChI is InChI=1S/C38H38N2S5/c1-5-9-21-23(11-7-3)37-29(25-15-17-41-35(21)25)19-31(43-37)27-13-14-28(34-33(27)39-45-40-34)32-20-30-26-16-18-42-36(26)22(10-6-2)24(12-8-4)38(30)44-32/h13-20,33,39H,5-12H2,1-4H3. The van der Waals surface area contributed by atoms with Gasteiger partial charge >= 0.3 is 0 Å². The molecular weight excluding hydrogens is 645 g/mol. The summed E-state index contributed by atoms with van der Waals surface area (Å²) >= 11 is 9.34. The fourth-order valence-electron chi connectivity index (χ4n) is 7.46. The van der Waals surface area contributed by atoms with Crippen LogP contribution >= 0.6 is 57.5 Å². The lowest BCUT2D eigenvalue weighted by atomic mass is 9.89. The van der Waals surface area contributed by atoms with Gasteiger partial charge in [-0.2, -0.15) is 0 Å². The Hall–Kier alpha value is -2.26. The smallest absolute Gasteiger partial charge is 0.0887 e. The van der Waals surface area contributed by atoms with Crippen LogP contribution in [0.3, 0.4) is 0 Å². The highest BCUT2D eigenvalue weighted by atomic mass is 32.2. The zero-order valence-electron chi connectivity index (χ0n) is 26.3. The largest absolute Gasteiger partial charge is 0.231 e. The maximum absolute atomic E-state index is 5.03. The van der Waals surface area contributed by atoms with Gasteiger partial charge in [0.25, 0.3) is 0 Å². The summed E-state index contributed by atoms with van der Waals surface area (Å²) in [6.07, 6.45) is 14.1. The van der Waals surface area contributed by atoms with Crippen LogP contribution in [0, 0.1) is 0 Å². The number of fused-ring (bicyclic) bond motifs is 7. The molecule has 0 saturated carbocycles. The molecule has 5 heterocycles. The molecular formula is C38H38N2S5. The molecule has 2 aromatic carbocycles. The maximum atomic E-state index is 5.03. The van der Waals surface area contributed by atoms with E-state index in [-0.39, 0.29) is 6.04 Å². The Morgan fingerprint density at radius 1 is 0.622 bits per heavy atom. The number of allylic oxidation sites excluding steroid dienone is 2. The molecule has 1 N–H and O–H groups in total. The second-order valence-electron chi connectivity index (χ2n) is 12.3. The quantitative estimate of drug-likeness (QED) is 0.145. The lowest BCUT2D eigenvalue weighted by Gasteiger charge is -2.21. The molecule has 4 aromatic heterocycles. The first-order valence-corrected chi connectivity index (χ1v) is 20.6. The minimum absolute atomic E-state index is 0.0999.